The monoisotopic (exact) mass is 310 g/mol. The predicted octanol–water partition coefficient (Wildman–Crippen LogP) is 2.06. The van der Waals surface area contributed by atoms with Crippen molar-refractivity contribution in [2.75, 3.05) is 18.8 Å². The van der Waals surface area contributed by atoms with Crippen LogP contribution in [0.5, 0.6) is 0 Å². The molecule has 0 saturated carbocycles. The number of hydrogen-bond acceptors (Lipinski definition) is 4. The number of pyridine rings is 1. The number of carbonyl (C=O) groups is 1. The van der Waals surface area contributed by atoms with E-state index < -0.39 is 0 Å². The minimum Gasteiger partial charge on any atom is -0.399 e. The highest BCUT2D eigenvalue weighted by Gasteiger charge is 2.21. The van der Waals surface area contributed by atoms with Gasteiger partial charge in [-0.3, -0.25) is 14.7 Å². The van der Waals surface area contributed by atoms with Gasteiger partial charge in [-0.2, -0.15) is 0 Å². The lowest BCUT2D eigenvalue weighted by atomic mass is 10.0. The molecule has 0 aliphatic carbocycles. The average Bonchev–Trinajstić information content (AvgIpc) is 2.58. The number of hydrogen-bond donors (Lipinski definition) is 2. The second-order valence-corrected chi connectivity index (χ2v) is 5.97. The number of amides is 1. The summed E-state index contributed by atoms with van der Waals surface area (Å²) in [4.78, 5) is 19.0. The normalized spacial score (nSPS) is 16.2. The molecule has 1 aliphatic heterocycles. The van der Waals surface area contributed by atoms with E-state index in [9.17, 15) is 4.79 Å². The highest BCUT2D eigenvalue weighted by molar-refractivity contribution is 5.94. The lowest BCUT2D eigenvalue weighted by molar-refractivity contribution is 0.0908. The first kappa shape index (κ1) is 15.5. The van der Waals surface area contributed by atoms with Crippen molar-refractivity contribution < 1.29 is 4.79 Å². The van der Waals surface area contributed by atoms with Crippen molar-refractivity contribution in [3.63, 3.8) is 0 Å². The number of benzene rings is 1. The van der Waals surface area contributed by atoms with Crippen molar-refractivity contribution >= 4 is 11.6 Å². The van der Waals surface area contributed by atoms with Crippen LogP contribution in [-0.2, 0) is 6.54 Å². The first-order chi connectivity index (χ1) is 11.2. The third kappa shape index (κ3) is 4.29. The van der Waals surface area contributed by atoms with Gasteiger partial charge in [0.1, 0.15) is 0 Å². The van der Waals surface area contributed by atoms with Gasteiger partial charge in [0.25, 0.3) is 5.91 Å². The maximum Gasteiger partial charge on any atom is 0.251 e. The minimum absolute atomic E-state index is 0.0202. The van der Waals surface area contributed by atoms with Gasteiger partial charge in [0.2, 0.25) is 0 Å². The maximum atomic E-state index is 12.2. The Hall–Kier alpha value is -2.40. The Morgan fingerprint density at radius 3 is 2.57 bits per heavy atom. The number of anilines is 1. The molecular formula is C18H22N4O. The lowest BCUT2D eigenvalue weighted by Gasteiger charge is -2.32. The molecule has 23 heavy (non-hydrogen) atoms. The topological polar surface area (TPSA) is 71.2 Å². The van der Waals surface area contributed by atoms with Crippen LogP contribution in [0.2, 0.25) is 0 Å². The summed E-state index contributed by atoms with van der Waals surface area (Å²) in [6, 6.07) is 13.3. The van der Waals surface area contributed by atoms with E-state index in [2.05, 4.69) is 21.3 Å². The molecule has 0 unspecified atom stereocenters. The fraction of sp³-hybridized carbons (Fsp3) is 0.333. The van der Waals surface area contributed by atoms with Gasteiger partial charge in [0.15, 0.2) is 0 Å². The van der Waals surface area contributed by atoms with Gasteiger partial charge in [-0.05, 0) is 49.2 Å². The molecule has 0 bridgehead atoms. The largest absolute Gasteiger partial charge is 0.399 e. The number of piperidine rings is 1. The summed E-state index contributed by atoms with van der Waals surface area (Å²) in [5.41, 5.74) is 8.07. The Morgan fingerprint density at radius 2 is 1.91 bits per heavy atom. The number of nitrogen functional groups attached to an aromatic ring is 1. The average molecular weight is 310 g/mol. The van der Waals surface area contributed by atoms with Gasteiger partial charge in [0, 0.05) is 43.1 Å². The third-order valence-electron chi connectivity index (χ3n) is 4.21. The van der Waals surface area contributed by atoms with Crippen LogP contribution in [0.4, 0.5) is 5.69 Å². The number of likely N-dealkylation sites (tertiary alicyclic amines) is 1. The lowest BCUT2D eigenvalue weighted by Crippen LogP contribution is -2.44. The summed E-state index contributed by atoms with van der Waals surface area (Å²) in [5.74, 6) is -0.0202. The van der Waals surface area contributed by atoms with Crippen molar-refractivity contribution in [3.05, 3.63) is 59.9 Å². The molecule has 3 rings (SSSR count). The first-order valence-electron chi connectivity index (χ1n) is 7.99. The molecule has 5 nitrogen and oxygen atoms in total. The zero-order chi connectivity index (χ0) is 16.1. The molecule has 1 aliphatic rings. The van der Waals surface area contributed by atoms with E-state index in [4.69, 9.17) is 5.73 Å². The van der Waals surface area contributed by atoms with Gasteiger partial charge in [-0.25, -0.2) is 0 Å². The summed E-state index contributed by atoms with van der Waals surface area (Å²) in [6.07, 6.45) is 3.76. The smallest absolute Gasteiger partial charge is 0.251 e. The zero-order valence-corrected chi connectivity index (χ0v) is 13.1. The van der Waals surface area contributed by atoms with E-state index in [-0.39, 0.29) is 11.9 Å². The van der Waals surface area contributed by atoms with Crippen LogP contribution < -0.4 is 11.1 Å². The number of nitrogens with two attached hydrogens (primary N) is 1. The Kier molecular flexibility index (Phi) is 4.88. The van der Waals surface area contributed by atoms with E-state index in [1.807, 2.05) is 18.3 Å². The molecule has 1 fully saturated rings. The van der Waals surface area contributed by atoms with Crippen LogP contribution in [-0.4, -0.2) is 34.9 Å². The molecule has 5 heteroatoms. The number of rotatable bonds is 4. The number of carbonyl (C=O) groups excluding carboxylic acids is 1. The first-order valence-corrected chi connectivity index (χ1v) is 7.99. The number of nitrogens with zero attached hydrogens (tertiary/aromatic N) is 2. The number of aromatic nitrogens is 1. The molecule has 2 heterocycles. The second kappa shape index (κ2) is 7.24. The minimum atomic E-state index is -0.0202. The Morgan fingerprint density at radius 1 is 1.17 bits per heavy atom. The van der Waals surface area contributed by atoms with Gasteiger partial charge in [-0.1, -0.05) is 6.07 Å². The fourth-order valence-corrected chi connectivity index (χ4v) is 2.86. The standard InChI is InChI=1S/C18H22N4O/c19-15-6-4-14(5-7-15)18(23)21-16-8-11-22(12-9-16)13-17-3-1-2-10-20-17/h1-7,10,16H,8-9,11-13,19H2,(H,21,23). The zero-order valence-electron chi connectivity index (χ0n) is 13.1. The summed E-state index contributed by atoms with van der Waals surface area (Å²) in [5, 5.41) is 3.12. The molecule has 1 aromatic carbocycles. The summed E-state index contributed by atoms with van der Waals surface area (Å²) < 4.78 is 0. The fourth-order valence-electron chi connectivity index (χ4n) is 2.86. The highest BCUT2D eigenvalue weighted by Crippen LogP contribution is 2.14. The van der Waals surface area contributed by atoms with Crippen molar-refractivity contribution in [2.24, 2.45) is 0 Å². The molecule has 1 amide bonds. The molecule has 0 atom stereocenters. The van der Waals surface area contributed by atoms with Crippen LogP contribution >= 0.6 is 0 Å². The molecule has 0 spiro atoms. The van der Waals surface area contributed by atoms with Gasteiger partial charge in [0.05, 0.1) is 5.69 Å². The molecule has 0 radical (unpaired) electrons. The quantitative estimate of drug-likeness (QED) is 0.848. The molecule has 1 saturated heterocycles. The van der Waals surface area contributed by atoms with Crippen molar-refractivity contribution in [2.45, 2.75) is 25.4 Å². The van der Waals surface area contributed by atoms with Crippen molar-refractivity contribution in [1.29, 1.82) is 0 Å². The molecule has 2 aromatic rings. The van der Waals surface area contributed by atoms with Crippen molar-refractivity contribution in [1.82, 2.24) is 15.2 Å². The van der Waals surface area contributed by atoms with E-state index in [1.54, 1.807) is 24.3 Å². The third-order valence-corrected chi connectivity index (χ3v) is 4.21. The Labute approximate surface area is 136 Å². The van der Waals surface area contributed by atoms with Gasteiger partial charge < -0.3 is 11.1 Å². The van der Waals surface area contributed by atoms with E-state index in [1.165, 1.54) is 0 Å². The summed E-state index contributed by atoms with van der Waals surface area (Å²) >= 11 is 0. The van der Waals surface area contributed by atoms with Crippen molar-refractivity contribution in [3.8, 4) is 0 Å². The van der Waals surface area contributed by atoms with E-state index in [0.29, 0.717) is 11.3 Å². The second-order valence-electron chi connectivity index (χ2n) is 5.97. The SMILES string of the molecule is Nc1ccc(C(=O)NC2CCN(Cc3ccccn3)CC2)cc1. The van der Waals surface area contributed by atoms with Crippen LogP contribution in [0.25, 0.3) is 0 Å². The highest BCUT2D eigenvalue weighted by atomic mass is 16.1. The number of nitrogens with one attached hydrogen (secondary N) is 1. The molecule has 1 aromatic heterocycles. The Bertz CT molecular complexity index is 634. The summed E-state index contributed by atoms with van der Waals surface area (Å²) in [7, 11) is 0. The van der Waals surface area contributed by atoms with Crippen LogP contribution in [0, 0.1) is 0 Å². The van der Waals surface area contributed by atoms with E-state index in [0.717, 1.165) is 38.2 Å². The molecule has 3 N–H and O–H groups in total. The summed E-state index contributed by atoms with van der Waals surface area (Å²) in [6.45, 7) is 2.83. The Balaban J connectivity index is 1.47. The van der Waals surface area contributed by atoms with Crippen LogP contribution in [0.15, 0.2) is 48.7 Å². The van der Waals surface area contributed by atoms with Crippen LogP contribution in [0.1, 0.15) is 28.9 Å². The molecular weight excluding hydrogens is 288 g/mol. The predicted molar refractivity (Wildman–Crippen MR) is 90.9 cm³/mol. The maximum absolute atomic E-state index is 12.2. The van der Waals surface area contributed by atoms with Crippen LogP contribution in [0.3, 0.4) is 0 Å². The molecule has 120 valence electrons. The van der Waals surface area contributed by atoms with Gasteiger partial charge >= 0.3 is 0 Å². The van der Waals surface area contributed by atoms with E-state index >= 15 is 0 Å². The van der Waals surface area contributed by atoms with Gasteiger partial charge in [-0.15, -0.1) is 0 Å².